The topological polar surface area (TPSA) is 49.3 Å². The molecule has 0 aliphatic carbocycles. The van der Waals surface area contributed by atoms with E-state index in [4.69, 9.17) is 0 Å². The Labute approximate surface area is 112 Å². The van der Waals surface area contributed by atoms with E-state index in [1.807, 2.05) is 5.38 Å². The van der Waals surface area contributed by atoms with Crippen molar-refractivity contribution in [3.05, 3.63) is 57.8 Å². The van der Waals surface area contributed by atoms with Crippen molar-refractivity contribution in [3.63, 3.8) is 0 Å². The fourth-order valence-electron chi connectivity index (χ4n) is 1.51. The van der Waals surface area contributed by atoms with Gasteiger partial charge in [-0.05, 0) is 29.6 Å². The number of rotatable bonds is 4. The van der Waals surface area contributed by atoms with Gasteiger partial charge in [0, 0.05) is 17.0 Å². The van der Waals surface area contributed by atoms with Gasteiger partial charge in [-0.25, -0.2) is 8.78 Å². The number of carbonyl (C=O) groups is 1. The van der Waals surface area contributed by atoms with Crippen molar-refractivity contribution in [1.82, 2.24) is 5.32 Å². The van der Waals surface area contributed by atoms with Crippen LogP contribution in [0, 0.1) is 11.6 Å². The van der Waals surface area contributed by atoms with E-state index in [1.165, 1.54) is 17.4 Å². The van der Waals surface area contributed by atoms with Crippen LogP contribution in [0.3, 0.4) is 0 Å². The molecule has 0 radical (unpaired) electrons. The molecule has 2 aromatic rings. The maximum atomic E-state index is 13.0. The van der Waals surface area contributed by atoms with E-state index in [9.17, 15) is 18.7 Å². The predicted octanol–water partition coefficient (Wildman–Crippen LogP) is 2.49. The molecule has 0 aliphatic heterocycles. The first kappa shape index (κ1) is 13.6. The average Bonchev–Trinajstić information content (AvgIpc) is 2.92. The molecule has 0 aliphatic rings. The molecule has 1 amide bonds. The molecule has 1 atom stereocenters. The largest absolute Gasteiger partial charge is 0.386 e. The Kier molecular flexibility index (Phi) is 4.24. The number of hydrogen-bond donors (Lipinski definition) is 2. The van der Waals surface area contributed by atoms with Crippen LogP contribution in [0.4, 0.5) is 8.78 Å². The molecule has 2 rings (SSSR count). The van der Waals surface area contributed by atoms with Crippen molar-refractivity contribution < 1.29 is 18.7 Å². The highest BCUT2D eigenvalue weighted by atomic mass is 32.1. The van der Waals surface area contributed by atoms with Crippen LogP contribution in [0.25, 0.3) is 0 Å². The summed E-state index contributed by atoms with van der Waals surface area (Å²) < 4.78 is 25.7. The minimum atomic E-state index is -1.08. The summed E-state index contributed by atoms with van der Waals surface area (Å²) in [5.41, 5.74) is 0.0114. The highest BCUT2D eigenvalue weighted by molar-refractivity contribution is 7.10. The summed E-state index contributed by atoms with van der Waals surface area (Å²) in [7, 11) is 0. The zero-order valence-corrected chi connectivity index (χ0v) is 10.6. The third kappa shape index (κ3) is 3.36. The summed E-state index contributed by atoms with van der Waals surface area (Å²) in [4.78, 5) is 12.4. The second-order valence-electron chi connectivity index (χ2n) is 3.87. The molecule has 0 spiro atoms. The molecule has 3 nitrogen and oxygen atoms in total. The molecule has 100 valence electrons. The molecule has 0 saturated heterocycles. The van der Waals surface area contributed by atoms with Crippen LogP contribution in [0.2, 0.25) is 0 Å². The maximum Gasteiger partial charge on any atom is 0.251 e. The molecule has 19 heavy (non-hydrogen) atoms. The van der Waals surface area contributed by atoms with Gasteiger partial charge in [0.05, 0.1) is 0 Å². The van der Waals surface area contributed by atoms with Crippen molar-refractivity contribution >= 4 is 17.2 Å². The summed E-state index contributed by atoms with van der Waals surface area (Å²) in [5.74, 6) is -2.64. The summed E-state index contributed by atoms with van der Waals surface area (Å²) in [6.45, 7) is 0.0122. The van der Waals surface area contributed by atoms with Gasteiger partial charge in [-0.15, -0.1) is 11.3 Å². The Balaban J connectivity index is 1.96. The standard InChI is InChI=1S/C13H11F2NO2S/c14-9-4-3-8(6-10(9)15)13(18)16-7-11(17)12-2-1-5-19-12/h1-6,11,17H,7H2,(H,16,18)/t11-/m0/s1. The highest BCUT2D eigenvalue weighted by Gasteiger charge is 2.13. The number of halogens is 2. The van der Waals surface area contributed by atoms with Crippen molar-refractivity contribution in [2.75, 3.05) is 6.54 Å². The quantitative estimate of drug-likeness (QED) is 0.905. The number of benzene rings is 1. The first-order chi connectivity index (χ1) is 9.08. The molecule has 0 bridgehead atoms. The van der Waals surface area contributed by atoms with Crippen LogP contribution in [0.15, 0.2) is 35.7 Å². The van der Waals surface area contributed by atoms with E-state index in [0.717, 1.165) is 17.0 Å². The van der Waals surface area contributed by atoms with E-state index in [0.29, 0.717) is 0 Å². The molecule has 6 heteroatoms. The third-order valence-electron chi connectivity index (χ3n) is 2.51. The number of hydrogen-bond acceptors (Lipinski definition) is 3. The number of aliphatic hydroxyl groups excluding tert-OH is 1. The number of thiophene rings is 1. The lowest BCUT2D eigenvalue weighted by atomic mass is 10.2. The smallest absolute Gasteiger partial charge is 0.251 e. The lowest BCUT2D eigenvalue weighted by Crippen LogP contribution is -2.28. The Morgan fingerprint density at radius 3 is 2.74 bits per heavy atom. The van der Waals surface area contributed by atoms with Crippen molar-refractivity contribution in [2.24, 2.45) is 0 Å². The second kappa shape index (κ2) is 5.90. The van der Waals surface area contributed by atoms with Crippen LogP contribution >= 0.6 is 11.3 Å². The van der Waals surface area contributed by atoms with Crippen LogP contribution in [-0.2, 0) is 0 Å². The average molecular weight is 283 g/mol. The van der Waals surface area contributed by atoms with Crippen molar-refractivity contribution in [3.8, 4) is 0 Å². The lowest BCUT2D eigenvalue weighted by molar-refractivity contribution is 0.0917. The Morgan fingerprint density at radius 1 is 1.32 bits per heavy atom. The van der Waals surface area contributed by atoms with Gasteiger partial charge in [0.15, 0.2) is 11.6 Å². The monoisotopic (exact) mass is 283 g/mol. The van der Waals surface area contributed by atoms with Crippen LogP contribution in [0.1, 0.15) is 21.3 Å². The van der Waals surface area contributed by atoms with Crippen LogP contribution < -0.4 is 5.32 Å². The minimum absolute atomic E-state index is 0.0114. The summed E-state index contributed by atoms with van der Waals surface area (Å²) in [6, 6.07) is 6.44. The maximum absolute atomic E-state index is 13.0. The lowest BCUT2D eigenvalue weighted by Gasteiger charge is -2.10. The fourth-order valence-corrected chi connectivity index (χ4v) is 2.22. The van der Waals surface area contributed by atoms with Gasteiger partial charge in [-0.1, -0.05) is 6.07 Å². The zero-order chi connectivity index (χ0) is 13.8. The summed E-state index contributed by atoms with van der Waals surface area (Å²) in [6.07, 6.45) is -0.811. The van der Waals surface area contributed by atoms with Gasteiger partial charge < -0.3 is 10.4 Å². The fraction of sp³-hybridized carbons (Fsp3) is 0.154. The van der Waals surface area contributed by atoms with E-state index in [-0.39, 0.29) is 12.1 Å². The predicted molar refractivity (Wildman–Crippen MR) is 68.0 cm³/mol. The van der Waals surface area contributed by atoms with Gasteiger partial charge in [0.2, 0.25) is 0 Å². The van der Waals surface area contributed by atoms with Crippen molar-refractivity contribution in [1.29, 1.82) is 0 Å². The van der Waals surface area contributed by atoms with Gasteiger partial charge in [0.1, 0.15) is 6.10 Å². The van der Waals surface area contributed by atoms with Gasteiger partial charge in [0.25, 0.3) is 5.91 Å². The van der Waals surface area contributed by atoms with Crippen molar-refractivity contribution in [2.45, 2.75) is 6.10 Å². The Morgan fingerprint density at radius 2 is 2.11 bits per heavy atom. The first-order valence-electron chi connectivity index (χ1n) is 5.52. The zero-order valence-electron chi connectivity index (χ0n) is 9.77. The van der Waals surface area contributed by atoms with E-state index < -0.39 is 23.6 Å². The number of carbonyl (C=O) groups excluding carboxylic acids is 1. The van der Waals surface area contributed by atoms with Gasteiger partial charge in [-0.2, -0.15) is 0 Å². The van der Waals surface area contributed by atoms with Gasteiger partial charge >= 0.3 is 0 Å². The Hall–Kier alpha value is -1.79. The van der Waals surface area contributed by atoms with Crippen LogP contribution in [0.5, 0.6) is 0 Å². The minimum Gasteiger partial charge on any atom is -0.386 e. The SMILES string of the molecule is O=C(NC[C@H](O)c1cccs1)c1ccc(F)c(F)c1. The van der Waals surface area contributed by atoms with E-state index in [1.54, 1.807) is 12.1 Å². The summed E-state index contributed by atoms with van der Waals surface area (Å²) >= 11 is 1.37. The molecular formula is C13H11F2NO2S. The molecule has 0 unspecified atom stereocenters. The molecule has 1 aromatic heterocycles. The number of aliphatic hydroxyl groups is 1. The molecule has 0 saturated carbocycles. The molecule has 1 aromatic carbocycles. The third-order valence-corrected chi connectivity index (χ3v) is 3.48. The molecule has 1 heterocycles. The van der Waals surface area contributed by atoms with Crippen LogP contribution in [-0.4, -0.2) is 17.6 Å². The molecule has 0 fully saturated rings. The van der Waals surface area contributed by atoms with E-state index in [2.05, 4.69) is 5.32 Å². The normalized spacial score (nSPS) is 12.2. The second-order valence-corrected chi connectivity index (χ2v) is 4.85. The first-order valence-corrected chi connectivity index (χ1v) is 6.40. The highest BCUT2D eigenvalue weighted by Crippen LogP contribution is 2.18. The Bertz CT molecular complexity index is 572. The molecule has 2 N–H and O–H groups in total. The van der Waals surface area contributed by atoms with E-state index >= 15 is 0 Å². The summed E-state index contributed by atoms with van der Waals surface area (Å²) in [5, 5.41) is 14.0. The number of amides is 1. The molecular weight excluding hydrogens is 272 g/mol. The van der Waals surface area contributed by atoms with Gasteiger partial charge in [-0.3, -0.25) is 4.79 Å². The number of nitrogens with one attached hydrogen (secondary N) is 1.